The predicted molar refractivity (Wildman–Crippen MR) is 114 cm³/mol. The van der Waals surface area contributed by atoms with E-state index >= 15 is 0 Å². The highest BCUT2D eigenvalue weighted by molar-refractivity contribution is 7.99. The van der Waals surface area contributed by atoms with Gasteiger partial charge in [0.1, 0.15) is 11.6 Å². The van der Waals surface area contributed by atoms with Crippen LogP contribution in [0.2, 0.25) is 0 Å². The van der Waals surface area contributed by atoms with Gasteiger partial charge in [-0.05, 0) is 44.0 Å². The fourth-order valence-electron chi connectivity index (χ4n) is 2.89. The summed E-state index contributed by atoms with van der Waals surface area (Å²) in [5.41, 5.74) is 1.95. The zero-order valence-electron chi connectivity index (χ0n) is 17.2. The Kier molecular flexibility index (Phi) is 6.61. The number of hydrogen-bond acceptors (Lipinski definition) is 8. The highest BCUT2D eigenvalue weighted by atomic mass is 32.2. The van der Waals surface area contributed by atoms with Crippen LogP contribution in [0, 0.1) is 12.7 Å². The van der Waals surface area contributed by atoms with E-state index in [0.29, 0.717) is 52.7 Å². The lowest BCUT2D eigenvalue weighted by molar-refractivity contribution is 0.340. The lowest BCUT2D eigenvalue weighted by Crippen LogP contribution is -1.93. The van der Waals surface area contributed by atoms with Crippen LogP contribution in [0.15, 0.2) is 56.6 Å². The molecule has 160 valence electrons. The standard InChI is InChI=1S/C22H21FN4O3S/c1-3-28-18-8-5-4-7-16(18)21-25-26-22(29-21)31-12-6-9-19-24-20(27-30-19)15-11-10-14(2)17(23)13-15/h4-5,7-8,10-11,13H,3,6,9,12H2,1-2H3. The summed E-state index contributed by atoms with van der Waals surface area (Å²) in [6.45, 7) is 4.20. The third-order valence-corrected chi connectivity index (χ3v) is 5.39. The maximum Gasteiger partial charge on any atom is 0.276 e. The number of rotatable bonds is 9. The molecule has 4 aromatic rings. The van der Waals surface area contributed by atoms with E-state index in [4.69, 9.17) is 13.7 Å². The topological polar surface area (TPSA) is 87.1 Å². The van der Waals surface area contributed by atoms with E-state index in [1.165, 1.54) is 17.8 Å². The number of halogens is 1. The fourth-order valence-corrected chi connectivity index (χ4v) is 3.59. The molecule has 0 aliphatic rings. The minimum Gasteiger partial charge on any atom is -0.493 e. The third kappa shape index (κ3) is 5.11. The Hall–Kier alpha value is -3.20. The van der Waals surface area contributed by atoms with Gasteiger partial charge in [0.25, 0.3) is 11.1 Å². The fraction of sp³-hybridized carbons (Fsp3) is 0.273. The van der Waals surface area contributed by atoms with Gasteiger partial charge < -0.3 is 13.7 Å². The molecule has 2 aromatic heterocycles. The summed E-state index contributed by atoms with van der Waals surface area (Å²) in [7, 11) is 0. The van der Waals surface area contributed by atoms with Gasteiger partial charge in [-0.1, -0.05) is 41.2 Å². The average Bonchev–Trinajstić information content (AvgIpc) is 3.44. The van der Waals surface area contributed by atoms with Crippen molar-refractivity contribution in [3.8, 4) is 28.6 Å². The van der Waals surface area contributed by atoms with Crippen LogP contribution in [0.4, 0.5) is 4.39 Å². The quantitative estimate of drug-likeness (QED) is 0.254. The van der Waals surface area contributed by atoms with E-state index in [2.05, 4.69) is 20.3 Å². The van der Waals surface area contributed by atoms with Crippen molar-refractivity contribution in [2.45, 2.75) is 31.9 Å². The molecule has 7 nitrogen and oxygen atoms in total. The van der Waals surface area contributed by atoms with Gasteiger partial charge in [-0.25, -0.2) is 4.39 Å². The van der Waals surface area contributed by atoms with Crippen LogP contribution < -0.4 is 4.74 Å². The molecule has 0 saturated heterocycles. The van der Waals surface area contributed by atoms with Crippen molar-refractivity contribution in [3.05, 3.63) is 59.7 Å². The summed E-state index contributed by atoms with van der Waals surface area (Å²) >= 11 is 1.46. The number of hydrogen-bond donors (Lipinski definition) is 0. The normalized spacial score (nSPS) is 11.1. The summed E-state index contributed by atoms with van der Waals surface area (Å²) in [5.74, 6) is 2.49. The molecule has 0 amide bonds. The molecule has 0 unspecified atom stereocenters. The molecule has 0 spiro atoms. The molecular weight excluding hydrogens is 419 g/mol. The minimum atomic E-state index is -0.289. The number of para-hydroxylation sites is 1. The average molecular weight is 441 g/mol. The first-order valence-corrected chi connectivity index (χ1v) is 10.9. The Balaban J connectivity index is 1.30. The lowest BCUT2D eigenvalue weighted by atomic mass is 10.1. The largest absolute Gasteiger partial charge is 0.493 e. The summed E-state index contributed by atoms with van der Waals surface area (Å²) < 4.78 is 30.4. The molecular formula is C22H21FN4O3S. The van der Waals surface area contributed by atoms with Gasteiger partial charge in [0, 0.05) is 17.7 Å². The zero-order valence-corrected chi connectivity index (χ0v) is 18.0. The maximum absolute atomic E-state index is 13.7. The van der Waals surface area contributed by atoms with Gasteiger partial charge >= 0.3 is 0 Å². The smallest absolute Gasteiger partial charge is 0.276 e. The highest BCUT2D eigenvalue weighted by Crippen LogP contribution is 2.31. The molecule has 0 atom stereocenters. The second-order valence-corrected chi connectivity index (χ2v) is 7.78. The van der Waals surface area contributed by atoms with Gasteiger partial charge in [-0.2, -0.15) is 4.98 Å². The van der Waals surface area contributed by atoms with Crippen molar-refractivity contribution in [1.82, 2.24) is 20.3 Å². The maximum atomic E-state index is 13.7. The van der Waals surface area contributed by atoms with Crippen LogP contribution in [0.5, 0.6) is 5.75 Å². The van der Waals surface area contributed by atoms with E-state index in [1.807, 2.05) is 31.2 Å². The van der Waals surface area contributed by atoms with E-state index in [1.54, 1.807) is 19.1 Å². The molecule has 0 radical (unpaired) electrons. The third-order valence-electron chi connectivity index (χ3n) is 4.48. The second kappa shape index (κ2) is 9.74. The number of thioether (sulfide) groups is 1. The Labute approximate surface area is 183 Å². The van der Waals surface area contributed by atoms with Crippen molar-refractivity contribution in [2.24, 2.45) is 0 Å². The molecule has 2 aromatic carbocycles. The van der Waals surface area contributed by atoms with Crippen LogP contribution in [-0.2, 0) is 6.42 Å². The SMILES string of the molecule is CCOc1ccccc1-c1nnc(SCCCc2nc(-c3ccc(C)c(F)c3)no2)o1. The first-order chi connectivity index (χ1) is 15.1. The van der Waals surface area contributed by atoms with E-state index in [0.717, 1.165) is 17.7 Å². The number of aryl methyl sites for hydroxylation is 2. The number of ether oxygens (including phenoxy) is 1. The number of benzene rings is 2. The molecule has 0 aliphatic carbocycles. The zero-order chi connectivity index (χ0) is 21.6. The molecule has 0 fully saturated rings. The van der Waals surface area contributed by atoms with Crippen LogP contribution >= 0.6 is 11.8 Å². The highest BCUT2D eigenvalue weighted by Gasteiger charge is 2.14. The molecule has 4 rings (SSSR count). The van der Waals surface area contributed by atoms with E-state index < -0.39 is 0 Å². The van der Waals surface area contributed by atoms with Crippen LogP contribution in [0.1, 0.15) is 24.8 Å². The van der Waals surface area contributed by atoms with Gasteiger partial charge in [0.2, 0.25) is 11.7 Å². The Morgan fingerprint density at radius 2 is 2.00 bits per heavy atom. The summed E-state index contributed by atoms with van der Waals surface area (Å²) in [6, 6.07) is 12.5. The first kappa shape index (κ1) is 21.0. The van der Waals surface area contributed by atoms with Crippen molar-refractivity contribution in [3.63, 3.8) is 0 Å². The van der Waals surface area contributed by atoms with Crippen molar-refractivity contribution in [2.75, 3.05) is 12.4 Å². The molecule has 0 bridgehead atoms. The van der Waals surface area contributed by atoms with Crippen LogP contribution in [-0.4, -0.2) is 32.7 Å². The van der Waals surface area contributed by atoms with Crippen molar-refractivity contribution < 1.29 is 18.1 Å². The Bertz CT molecular complexity index is 1160. The molecule has 2 heterocycles. The minimum absolute atomic E-state index is 0.289. The monoisotopic (exact) mass is 440 g/mol. The van der Waals surface area contributed by atoms with Gasteiger partial charge in [-0.15, -0.1) is 10.2 Å². The Morgan fingerprint density at radius 1 is 1.13 bits per heavy atom. The Morgan fingerprint density at radius 3 is 2.84 bits per heavy atom. The molecule has 0 aliphatic heterocycles. The number of aromatic nitrogens is 4. The summed E-state index contributed by atoms with van der Waals surface area (Å²) in [5, 5.41) is 12.7. The van der Waals surface area contributed by atoms with Gasteiger partial charge in [0.15, 0.2) is 0 Å². The van der Waals surface area contributed by atoms with E-state index in [9.17, 15) is 4.39 Å². The molecule has 0 N–H and O–H groups in total. The molecule has 31 heavy (non-hydrogen) atoms. The predicted octanol–water partition coefficient (Wildman–Crippen LogP) is 5.36. The van der Waals surface area contributed by atoms with Crippen LogP contribution in [0.3, 0.4) is 0 Å². The second-order valence-electron chi connectivity index (χ2n) is 6.73. The van der Waals surface area contributed by atoms with Crippen LogP contribution in [0.25, 0.3) is 22.8 Å². The van der Waals surface area contributed by atoms with Gasteiger partial charge in [-0.3, -0.25) is 0 Å². The van der Waals surface area contributed by atoms with E-state index in [-0.39, 0.29) is 5.82 Å². The summed E-state index contributed by atoms with van der Waals surface area (Å²) in [6.07, 6.45) is 1.38. The molecule has 0 saturated carbocycles. The molecule has 9 heteroatoms. The van der Waals surface area contributed by atoms with Crippen molar-refractivity contribution in [1.29, 1.82) is 0 Å². The first-order valence-electron chi connectivity index (χ1n) is 9.91. The lowest BCUT2D eigenvalue weighted by Gasteiger charge is -2.05. The van der Waals surface area contributed by atoms with Crippen molar-refractivity contribution >= 4 is 11.8 Å². The number of nitrogens with zero attached hydrogens (tertiary/aromatic N) is 4. The van der Waals surface area contributed by atoms with Gasteiger partial charge in [0.05, 0.1) is 12.2 Å². The summed E-state index contributed by atoms with van der Waals surface area (Å²) in [4.78, 5) is 4.35.